The number of pyridine rings is 1. The lowest BCUT2D eigenvalue weighted by Gasteiger charge is -2.31. The molecule has 11 heteroatoms. The molecule has 1 aromatic carbocycles. The van der Waals surface area contributed by atoms with E-state index >= 15 is 0 Å². The van der Waals surface area contributed by atoms with Gasteiger partial charge in [0.15, 0.2) is 0 Å². The van der Waals surface area contributed by atoms with Crippen molar-refractivity contribution in [3.8, 4) is 11.4 Å². The number of hydrogen-bond donors (Lipinski definition) is 1. The molecule has 0 spiro atoms. The molecule has 9 nitrogen and oxygen atoms in total. The number of carbonyl (C=O) groups is 1. The lowest BCUT2D eigenvalue weighted by molar-refractivity contribution is -0.0925. The van der Waals surface area contributed by atoms with Gasteiger partial charge in [0.1, 0.15) is 11.3 Å². The van der Waals surface area contributed by atoms with E-state index in [0.29, 0.717) is 28.4 Å². The Bertz CT molecular complexity index is 1470. The standard InChI is InChI=1S/C27H28F2N6O3/c1-17-2-4-19(24-32-26(38-33-24)20-13-27(28,29)14-20)12-21(17)31-25(36)22-15-30-23-5-3-18(16-35(22)23)6-7-34-8-10-37-11-9-34/h2-5,12,15-16,20H,6-11,13-14H2,1H3,(H,31,36). The molecular formula is C27H28F2N6O3. The van der Waals surface area contributed by atoms with Crippen LogP contribution in [0.1, 0.15) is 46.3 Å². The number of alkyl halides is 2. The van der Waals surface area contributed by atoms with Crippen molar-refractivity contribution >= 4 is 17.2 Å². The number of aryl methyl sites for hydroxylation is 1. The van der Waals surface area contributed by atoms with Crippen LogP contribution in [0.25, 0.3) is 17.0 Å². The van der Waals surface area contributed by atoms with Gasteiger partial charge in [-0.2, -0.15) is 4.98 Å². The third kappa shape index (κ3) is 5.03. The summed E-state index contributed by atoms with van der Waals surface area (Å²) in [6, 6.07) is 9.38. The molecule has 1 saturated heterocycles. The Kier molecular flexibility index (Phi) is 6.40. The van der Waals surface area contributed by atoms with Gasteiger partial charge in [0.2, 0.25) is 17.6 Å². The zero-order valence-corrected chi connectivity index (χ0v) is 21.0. The fourth-order valence-corrected chi connectivity index (χ4v) is 4.89. The summed E-state index contributed by atoms with van der Waals surface area (Å²) in [6.45, 7) is 6.20. The molecule has 2 aliphatic rings. The quantitative estimate of drug-likeness (QED) is 0.386. The van der Waals surface area contributed by atoms with Gasteiger partial charge >= 0.3 is 0 Å². The molecule has 0 radical (unpaired) electrons. The number of hydrogen-bond acceptors (Lipinski definition) is 7. The van der Waals surface area contributed by atoms with Crippen LogP contribution in [0.3, 0.4) is 0 Å². The van der Waals surface area contributed by atoms with Crippen LogP contribution in [0.15, 0.2) is 47.2 Å². The van der Waals surface area contributed by atoms with Crippen molar-refractivity contribution in [2.24, 2.45) is 0 Å². The highest BCUT2D eigenvalue weighted by Gasteiger charge is 2.48. The number of halogens is 2. The van der Waals surface area contributed by atoms with Gasteiger partial charge in [-0.05, 0) is 36.6 Å². The molecular weight excluding hydrogens is 494 g/mol. The van der Waals surface area contributed by atoms with Gasteiger partial charge in [-0.1, -0.05) is 23.4 Å². The van der Waals surface area contributed by atoms with E-state index in [1.807, 2.05) is 41.8 Å². The van der Waals surface area contributed by atoms with E-state index in [4.69, 9.17) is 9.26 Å². The highest BCUT2D eigenvalue weighted by molar-refractivity contribution is 6.04. The van der Waals surface area contributed by atoms with Gasteiger partial charge in [-0.15, -0.1) is 0 Å². The maximum Gasteiger partial charge on any atom is 0.274 e. The minimum absolute atomic E-state index is 0.215. The van der Waals surface area contributed by atoms with E-state index in [1.165, 1.54) is 0 Å². The van der Waals surface area contributed by atoms with Crippen molar-refractivity contribution < 1.29 is 22.8 Å². The summed E-state index contributed by atoms with van der Waals surface area (Å²) >= 11 is 0. The number of anilines is 1. The Morgan fingerprint density at radius 3 is 2.79 bits per heavy atom. The molecule has 0 atom stereocenters. The largest absolute Gasteiger partial charge is 0.379 e. The normalized spacial score (nSPS) is 18.0. The van der Waals surface area contributed by atoms with Gasteiger partial charge in [-0.3, -0.25) is 14.1 Å². The number of nitrogens with one attached hydrogen (secondary N) is 1. The van der Waals surface area contributed by atoms with Crippen molar-refractivity contribution in [1.82, 2.24) is 24.4 Å². The van der Waals surface area contributed by atoms with E-state index in [1.54, 1.807) is 12.3 Å². The highest BCUT2D eigenvalue weighted by Crippen LogP contribution is 2.48. The lowest BCUT2D eigenvalue weighted by Crippen LogP contribution is -2.37. The molecule has 4 heterocycles. The van der Waals surface area contributed by atoms with Gasteiger partial charge in [0.25, 0.3) is 5.91 Å². The number of imidazole rings is 1. The van der Waals surface area contributed by atoms with E-state index in [9.17, 15) is 13.6 Å². The van der Waals surface area contributed by atoms with Crippen LogP contribution in [-0.4, -0.2) is 69.1 Å². The summed E-state index contributed by atoms with van der Waals surface area (Å²) in [4.78, 5) is 24.4. The summed E-state index contributed by atoms with van der Waals surface area (Å²) < 4.78 is 38.9. The van der Waals surface area contributed by atoms with Crippen LogP contribution < -0.4 is 5.32 Å². The van der Waals surface area contributed by atoms with E-state index < -0.39 is 11.8 Å². The Balaban J connectivity index is 1.17. The first-order chi connectivity index (χ1) is 18.3. The summed E-state index contributed by atoms with van der Waals surface area (Å²) in [5.41, 5.74) is 4.29. The molecule has 198 valence electrons. The molecule has 4 aromatic rings. The fourth-order valence-electron chi connectivity index (χ4n) is 4.89. The fraction of sp³-hybridized carbons (Fsp3) is 0.407. The van der Waals surface area contributed by atoms with Crippen LogP contribution in [0.5, 0.6) is 0 Å². The summed E-state index contributed by atoms with van der Waals surface area (Å²) in [6.07, 6.45) is 3.83. The first-order valence-electron chi connectivity index (χ1n) is 12.7. The minimum Gasteiger partial charge on any atom is -0.379 e. The molecule has 0 unspecified atom stereocenters. The number of ether oxygens (including phenoxy) is 1. The summed E-state index contributed by atoms with van der Waals surface area (Å²) in [5, 5.41) is 6.94. The predicted molar refractivity (Wildman–Crippen MR) is 136 cm³/mol. The van der Waals surface area contributed by atoms with Gasteiger partial charge in [0, 0.05) is 55.8 Å². The number of benzene rings is 1. The van der Waals surface area contributed by atoms with Crippen molar-refractivity contribution in [1.29, 1.82) is 0 Å². The van der Waals surface area contributed by atoms with Crippen LogP contribution in [-0.2, 0) is 11.2 Å². The number of amides is 1. The van der Waals surface area contributed by atoms with Crippen molar-refractivity contribution in [3.63, 3.8) is 0 Å². The molecule has 38 heavy (non-hydrogen) atoms. The SMILES string of the molecule is Cc1ccc(-c2noc(C3CC(F)(F)C3)n2)cc1NC(=O)c1cnc2ccc(CCN3CCOCC3)cn12. The molecule has 2 fully saturated rings. The van der Waals surface area contributed by atoms with Crippen molar-refractivity contribution in [2.75, 3.05) is 38.2 Å². The Hall–Kier alpha value is -3.70. The van der Waals surface area contributed by atoms with E-state index in [0.717, 1.165) is 50.4 Å². The second-order valence-electron chi connectivity index (χ2n) is 10.0. The number of fused-ring (bicyclic) bond motifs is 1. The first-order valence-corrected chi connectivity index (χ1v) is 12.7. The topological polar surface area (TPSA) is 97.8 Å². The Morgan fingerprint density at radius 2 is 2.00 bits per heavy atom. The van der Waals surface area contributed by atoms with Gasteiger partial charge in [-0.25, -0.2) is 13.8 Å². The van der Waals surface area contributed by atoms with E-state index in [2.05, 4.69) is 25.3 Å². The molecule has 1 aliphatic heterocycles. The smallest absolute Gasteiger partial charge is 0.274 e. The van der Waals surface area contributed by atoms with Crippen molar-refractivity contribution in [3.05, 3.63) is 65.4 Å². The molecule has 1 N–H and O–H groups in total. The third-order valence-electron chi connectivity index (χ3n) is 7.24. The Labute approximate surface area is 217 Å². The maximum atomic E-state index is 13.3. The predicted octanol–water partition coefficient (Wildman–Crippen LogP) is 4.33. The van der Waals surface area contributed by atoms with Crippen LogP contribution in [0.2, 0.25) is 0 Å². The number of nitrogens with zero attached hydrogens (tertiary/aromatic N) is 5. The number of morpholine rings is 1. The van der Waals surface area contributed by atoms with E-state index in [-0.39, 0.29) is 24.6 Å². The number of carbonyl (C=O) groups excluding carboxylic acids is 1. The monoisotopic (exact) mass is 522 g/mol. The summed E-state index contributed by atoms with van der Waals surface area (Å²) in [7, 11) is 0. The minimum atomic E-state index is -2.66. The second kappa shape index (κ2) is 9.88. The van der Waals surface area contributed by atoms with Gasteiger partial charge < -0.3 is 14.6 Å². The third-order valence-corrected chi connectivity index (χ3v) is 7.24. The number of aromatic nitrogens is 4. The average Bonchev–Trinajstić information content (AvgIpc) is 3.55. The molecule has 6 rings (SSSR count). The molecule has 3 aromatic heterocycles. The van der Waals surface area contributed by atoms with Crippen LogP contribution in [0, 0.1) is 6.92 Å². The van der Waals surface area contributed by atoms with Crippen LogP contribution >= 0.6 is 0 Å². The molecule has 1 aliphatic carbocycles. The summed E-state index contributed by atoms with van der Waals surface area (Å²) in [5.74, 6) is -2.88. The zero-order chi connectivity index (χ0) is 26.3. The second-order valence-corrected chi connectivity index (χ2v) is 10.0. The average molecular weight is 523 g/mol. The maximum absolute atomic E-state index is 13.3. The van der Waals surface area contributed by atoms with Crippen LogP contribution in [0.4, 0.5) is 14.5 Å². The van der Waals surface area contributed by atoms with Crippen molar-refractivity contribution in [2.45, 2.75) is 38.0 Å². The molecule has 1 amide bonds. The van der Waals surface area contributed by atoms with Gasteiger partial charge in [0.05, 0.1) is 19.4 Å². The zero-order valence-electron chi connectivity index (χ0n) is 21.0. The highest BCUT2D eigenvalue weighted by atomic mass is 19.3. The lowest BCUT2D eigenvalue weighted by atomic mass is 9.81. The molecule has 1 saturated carbocycles. The first kappa shape index (κ1) is 24.6. The molecule has 0 bridgehead atoms. The number of rotatable bonds is 7. The Morgan fingerprint density at radius 1 is 1.18 bits per heavy atom.